The number of nitrogens with zero attached hydrogens (tertiary/aromatic N) is 1. The third-order valence-corrected chi connectivity index (χ3v) is 5.68. The molecule has 0 aliphatic heterocycles. The molecule has 1 amide bonds. The van der Waals surface area contributed by atoms with Gasteiger partial charge in [0.25, 0.3) is 0 Å². The van der Waals surface area contributed by atoms with Gasteiger partial charge in [-0.3, -0.25) is 4.98 Å². The summed E-state index contributed by atoms with van der Waals surface area (Å²) in [7, 11) is 1.66. The standard InChI is InChI=1S/C24H31ClN2O3/c1-24(2,3)30-23(28)27-17-10-8-16(9-11-17)6-5-7-19-20-14-18(29-4)12-13-22(20)26-15-21(19)25/h5-6,12-17H,7-11H2,1-4H3,(H,27,28)/b6-5-. The van der Waals surface area contributed by atoms with E-state index >= 15 is 0 Å². The second kappa shape index (κ2) is 9.69. The van der Waals surface area contributed by atoms with Crippen LogP contribution in [0.3, 0.4) is 0 Å². The number of ether oxygens (including phenoxy) is 2. The number of aromatic nitrogens is 1. The van der Waals surface area contributed by atoms with E-state index in [1.807, 2.05) is 39.0 Å². The zero-order chi connectivity index (χ0) is 21.7. The number of hydrogen-bond donors (Lipinski definition) is 1. The van der Waals surface area contributed by atoms with Crippen molar-refractivity contribution in [1.29, 1.82) is 0 Å². The van der Waals surface area contributed by atoms with Crippen LogP contribution in [0.2, 0.25) is 5.02 Å². The van der Waals surface area contributed by atoms with E-state index in [-0.39, 0.29) is 12.1 Å². The SMILES string of the molecule is COc1ccc2ncc(Cl)c(C/C=C\C3CCC(NC(=O)OC(C)(C)C)CC3)c2c1. The first kappa shape index (κ1) is 22.4. The lowest BCUT2D eigenvalue weighted by Gasteiger charge is -2.28. The average Bonchev–Trinajstić information content (AvgIpc) is 2.69. The van der Waals surface area contributed by atoms with Crippen molar-refractivity contribution >= 4 is 28.6 Å². The minimum atomic E-state index is -0.466. The molecule has 0 saturated heterocycles. The van der Waals surface area contributed by atoms with E-state index in [1.54, 1.807) is 13.3 Å². The summed E-state index contributed by atoms with van der Waals surface area (Å²) in [5, 5.41) is 4.69. The van der Waals surface area contributed by atoms with Crippen LogP contribution >= 0.6 is 11.6 Å². The van der Waals surface area contributed by atoms with E-state index in [2.05, 4.69) is 22.5 Å². The van der Waals surface area contributed by atoms with Crippen LogP contribution in [0.5, 0.6) is 5.75 Å². The van der Waals surface area contributed by atoms with Gasteiger partial charge < -0.3 is 14.8 Å². The normalized spacial score (nSPS) is 19.8. The predicted molar refractivity (Wildman–Crippen MR) is 121 cm³/mol. The molecule has 1 saturated carbocycles. The molecule has 3 rings (SSSR count). The first-order chi connectivity index (χ1) is 14.2. The third kappa shape index (κ3) is 6.11. The molecule has 162 valence electrons. The first-order valence-electron chi connectivity index (χ1n) is 10.5. The van der Waals surface area contributed by atoms with Gasteiger partial charge in [-0.25, -0.2) is 4.79 Å². The molecule has 1 fully saturated rings. The van der Waals surface area contributed by atoms with E-state index < -0.39 is 5.60 Å². The smallest absolute Gasteiger partial charge is 0.407 e. The quantitative estimate of drug-likeness (QED) is 0.584. The minimum absolute atomic E-state index is 0.190. The van der Waals surface area contributed by atoms with Crippen molar-refractivity contribution < 1.29 is 14.3 Å². The van der Waals surface area contributed by atoms with Crippen LogP contribution in [0, 0.1) is 5.92 Å². The van der Waals surface area contributed by atoms with Crippen molar-refractivity contribution in [2.75, 3.05) is 7.11 Å². The van der Waals surface area contributed by atoms with Gasteiger partial charge in [0.15, 0.2) is 0 Å². The van der Waals surface area contributed by atoms with Gasteiger partial charge in [0.1, 0.15) is 11.4 Å². The molecule has 1 heterocycles. The lowest BCUT2D eigenvalue weighted by atomic mass is 9.85. The van der Waals surface area contributed by atoms with E-state index in [0.717, 1.165) is 54.3 Å². The average molecular weight is 431 g/mol. The number of methoxy groups -OCH3 is 1. The van der Waals surface area contributed by atoms with Crippen molar-refractivity contribution in [1.82, 2.24) is 10.3 Å². The summed E-state index contributed by atoms with van der Waals surface area (Å²) in [6, 6.07) is 6.05. The lowest BCUT2D eigenvalue weighted by molar-refractivity contribution is 0.0490. The van der Waals surface area contributed by atoms with E-state index in [1.165, 1.54) is 0 Å². The Hall–Kier alpha value is -2.27. The molecule has 30 heavy (non-hydrogen) atoms. The molecule has 0 spiro atoms. The monoisotopic (exact) mass is 430 g/mol. The highest BCUT2D eigenvalue weighted by Crippen LogP contribution is 2.29. The second-order valence-corrected chi connectivity index (χ2v) is 9.27. The van der Waals surface area contributed by atoms with Gasteiger partial charge in [-0.1, -0.05) is 23.8 Å². The van der Waals surface area contributed by atoms with Crippen molar-refractivity contribution in [2.45, 2.75) is 64.5 Å². The molecular weight excluding hydrogens is 400 g/mol. The maximum absolute atomic E-state index is 11.9. The van der Waals surface area contributed by atoms with E-state index in [9.17, 15) is 4.79 Å². The summed E-state index contributed by atoms with van der Waals surface area (Å²) in [6.45, 7) is 5.63. The Kier molecular flexibility index (Phi) is 7.24. The highest BCUT2D eigenvalue weighted by molar-refractivity contribution is 6.32. The summed E-state index contributed by atoms with van der Waals surface area (Å²) in [4.78, 5) is 16.4. The molecule has 2 aromatic rings. The van der Waals surface area contributed by atoms with Gasteiger partial charge in [-0.05, 0) is 82.6 Å². The molecule has 0 unspecified atom stereocenters. The fraction of sp³-hybridized carbons (Fsp3) is 0.500. The first-order valence-corrected chi connectivity index (χ1v) is 10.9. The van der Waals surface area contributed by atoms with Crippen LogP contribution in [0.4, 0.5) is 4.79 Å². The molecule has 1 aromatic heterocycles. The largest absolute Gasteiger partial charge is 0.497 e. The number of rotatable bonds is 5. The van der Waals surface area contributed by atoms with Crippen LogP contribution in [0.25, 0.3) is 10.9 Å². The van der Waals surface area contributed by atoms with Crippen LogP contribution in [0.15, 0.2) is 36.5 Å². The van der Waals surface area contributed by atoms with Crippen molar-refractivity contribution in [3.63, 3.8) is 0 Å². The maximum atomic E-state index is 11.9. The molecule has 0 radical (unpaired) electrons. The molecule has 5 nitrogen and oxygen atoms in total. The maximum Gasteiger partial charge on any atom is 0.407 e. The summed E-state index contributed by atoms with van der Waals surface area (Å²) in [5.74, 6) is 1.32. The van der Waals surface area contributed by atoms with Gasteiger partial charge in [0.05, 0.1) is 17.6 Å². The fourth-order valence-electron chi connectivity index (χ4n) is 3.85. The van der Waals surface area contributed by atoms with Crippen LogP contribution in [0.1, 0.15) is 52.0 Å². The zero-order valence-corrected chi connectivity index (χ0v) is 19.0. The topological polar surface area (TPSA) is 60.5 Å². The summed E-state index contributed by atoms with van der Waals surface area (Å²) in [6.07, 6.45) is 10.7. The number of carbonyl (C=O) groups is 1. The molecule has 1 aliphatic rings. The van der Waals surface area contributed by atoms with Gasteiger partial charge in [0, 0.05) is 17.6 Å². The number of alkyl carbamates (subject to hydrolysis) is 1. The van der Waals surface area contributed by atoms with Crippen LogP contribution < -0.4 is 10.1 Å². The molecule has 1 N–H and O–H groups in total. The van der Waals surface area contributed by atoms with Crippen LogP contribution in [-0.4, -0.2) is 29.8 Å². The Morgan fingerprint density at radius 1 is 1.27 bits per heavy atom. The fourth-order valence-corrected chi connectivity index (χ4v) is 4.07. The predicted octanol–water partition coefficient (Wildman–Crippen LogP) is 6.08. The molecule has 0 bridgehead atoms. The van der Waals surface area contributed by atoms with Crippen LogP contribution in [-0.2, 0) is 11.2 Å². The molecule has 1 aliphatic carbocycles. The molecule has 0 atom stereocenters. The summed E-state index contributed by atoms with van der Waals surface area (Å²) < 4.78 is 10.7. The number of pyridine rings is 1. The minimum Gasteiger partial charge on any atom is -0.497 e. The molecule has 1 aromatic carbocycles. The van der Waals surface area contributed by atoms with Gasteiger partial charge in [-0.2, -0.15) is 0 Å². The third-order valence-electron chi connectivity index (χ3n) is 5.36. The van der Waals surface area contributed by atoms with Gasteiger partial charge in [0.2, 0.25) is 0 Å². The van der Waals surface area contributed by atoms with Crippen molar-refractivity contribution in [3.8, 4) is 5.75 Å². The number of carbonyl (C=O) groups excluding carboxylic acids is 1. The van der Waals surface area contributed by atoms with Gasteiger partial charge >= 0.3 is 6.09 Å². The van der Waals surface area contributed by atoms with E-state index in [0.29, 0.717) is 10.9 Å². The highest BCUT2D eigenvalue weighted by atomic mass is 35.5. The van der Waals surface area contributed by atoms with Crippen molar-refractivity contribution in [3.05, 3.63) is 47.1 Å². The number of benzene rings is 1. The number of amides is 1. The lowest BCUT2D eigenvalue weighted by Crippen LogP contribution is -2.40. The van der Waals surface area contributed by atoms with E-state index in [4.69, 9.17) is 21.1 Å². The number of allylic oxidation sites excluding steroid dienone is 2. The number of halogens is 1. The Balaban J connectivity index is 1.56. The number of nitrogens with one attached hydrogen (secondary N) is 1. The molecular formula is C24H31ClN2O3. The Morgan fingerprint density at radius 3 is 2.67 bits per heavy atom. The van der Waals surface area contributed by atoms with Crippen molar-refractivity contribution in [2.24, 2.45) is 5.92 Å². The molecule has 6 heteroatoms. The highest BCUT2D eigenvalue weighted by Gasteiger charge is 2.23. The Bertz CT molecular complexity index is 913. The Morgan fingerprint density at radius 2 is 2.00 bits per heavy atom. The zero-order valence-electron chi connectivity index (χ0n) is 18.2. The number of hydrogen-bond acceptors (Lipinski definition) is 4. The Labute approximate surface area is 183 Å². The summed E-state index contributed by atoms with van der Waals surface area (Å²) >= 11 is 6.44. The summed E-state index contributed by atoms with van der Waals surface area (Å²) in [5.41, 5.74) is 1.52. The number of fused-ring (bicyclic) bond motifs is 1. The second-order valence-electron chi connectivity index (χ2n) is 8.86. The van der Waals surface area contributed by atoms with Gasteiger partial charge in [-0.15, -0.1) is 0 Å².